The van der Waals surface area contributed by atoms with Crippen molar-refractivity contribution in [2.45, 2.75) is 6.04 Å². The van der Waals surface area contributed by atoms with Crippen LogP contribution in [0.2, 0.25) is 5.02 Å². The van der Waals surface area contributed by atoms with Gasteiger partial charge in [-0.05, 0) is 48.5 Å². The molecule has 2 nitrogen and oxygen atoms in total. The van der Waals surface area contributed by atoms with Crippen LogP contribution >= 0.6 is 27.5 Å². The number of hydrogen-bond donors (Lipinski definition) is 1. The number of ether oxygens (including phenoxy) is 1. The third-order valence-corrected chi connectivity index (χ3v) is 3.84. The third kappa shape index (κ3) is 3.30. The summed E-state index contributed by atoms with van der Waals surface area (Å²) < 4.78 is 6.19. The summed E-state index contributed by atoms with van der Waals surface area (Å²) in [7, 11) is 3.59. The van der Waals surface area contributed by atoms with Crippen LogP contribution in [0.15, 0.2) is 46.9 Å². The second-order valence-electron chi connectivity index (χ2n) is 4.16. The van der Waals surface area contributed by atoms with Crippen molar-refractivity contribution in [3.05, 3.63) is 63.1 Å². The number of halogens is 2. The fraction of sp³-hybridized carbons (Fsp3) is 0.200. The van der Waals surface area contributed by atoms with Crippen LogP contribution in [0, 0.1) is 0 Å². The molecule has 0 aliphatic carbocycles. The Labute approximate surface area is 126 Å². The molecule has 0 fully saturated rings. The minimum Gasteiger partial charge on any atom is -0.497 e. The highest BCUT2D eigenvalue weighted by Crippen LogP contribution is 2.31. The molecule has 19 heavy (non-hydrogen) atoms. The molecule has 0 amide bonds. The summed E-state index contributed by atoms with van der Waals surface area (Å²) in [4.78, 5) is 0. The molecular weight excluding hydrogens is 326 g/mol. The molecule has 2 rings (SSSR count). The van der Waals surface area contributed by atoms with E-state index in [-0.39, 0.29) is 6.04 Å². The quantitative estimate of drug-likeness (QED) is 0.889. The van der Waals surface area contributed by atoms with E-state index in [1.807, 2.05) is 49.5 Å². The average molecular weight is 341 g/mol. The van der Waals surface area contributed by atoms with E-state index in [1.165, 1.54) is 0 Å². The molecule has 4 heteroatoms. The summed E-state index contributed by atoms with van der Waals surface area (Å²) in [6.45, 7) is 0. The molecule has 2 aromatic rings. The maximum Gasteiger partial charge on any atom is 0.118 e. The second kappa shape index (κ2) is 6.42. The highest BCUT2D eigenvalue weighted by molar-refractivity contribution is 9.10. The Morgan fingerprint density at radius 3 is 2.42 bits per heavy atom. The lowest BCUT2D eigenvalue weighted by molar-refractivity contribution is 0.414. The van der Waals surface area contributed by atoms with E-state index in [0.717, 1.165) is 26.4 Å². The number of methoxy groups -OCH3 is 1. The molecule has 1 N–H and O–H groups in total. The van der Waals surface area contributed by atoms with Crippen molar-refractivity contribution >= 4 is 27.5 Å². The first kappa shape index (κ1) is 14.4. The van der Waals surface area contributed by atoms with E-state index in [4.69, 9.17) is 16.3 Å². The van der Waals surface area contributed by atoms with Gasteiger partial charge in [0.05, 0.1) is 13.2 Å². The summed E-state index contributed by atoms with van der Waals surface area (Å²) in [6, 6.07) is 13.9. The standard InChI is InChI=1S/C15H15BrClNO/c1-18-15(10-3-6-12(19-2)7-4-10)13-9-11(16)5-8-14(13)17/h3-9,15,18H,1-2H3. The largest absolute Gasteiger partial charge is 0.497 e. The summed E-state index contributed by atoms with van der Waals surface area (Å²) in [6.07, 6.45) is 0. The topological polar surface area (TPSA) is 21.3 Å². The summed E-state index contributed by atoms with van der Waals surface area (Å²) in [5.41, 5.74) is 2.19. The molecule has 2 aromatic carbocycles. The van der Waals surface area contributed by atoms with Crippen molar-refractivity contribution < 1.29 is 4.74 Å². The van der Waals surface area contributed by atoms with Crippen molar-refractivity contribution in [3.8, 4) is 5.75 Å². The van der Waals surface area contributed by atoms with Gasteiger partial charge < -0.3 is 10.1 Å². The molecule has 0 bridgehead atoms. The van der Waals surface area contributed by atoms with E-state index in [9.17, 15) is 0 Å². The first-order chi connectivity index (χ1) is 9.15. The van der Waals surface area contributed by atoms with Gasteiger partial charge in [-0.3, -0.25) is 0 Å². The molecule has 1 unspecified atom stereocenters. The Bertz CT molecular complexity index is 557. The Morgan fingerprint density at radius 2 is 1.84 bits per heavy atom. The first-order valence-electron chi connectivity index (χ1n) is 5.92. The van der Waals surface area contributed by atoms with Crippen molar-refractivity contribution in [3.63, 3.8) is 0 Å². The minimum atomic E-state index is 0.0518. The van der Waals surface area contributed by atoms with Gasteiger partial charge >= 0.3 is 0 Å². The number of hydrogen-bond acceptors (Lipinski definition) is 2. The van der Waals surface area contributed by atoms with Crippen LogP contribution < -0.4 is 10.1 Å². The van der Waals surface area contributed by atoms with Gasteiger partial charge in [-0.15, -0.1) is 0 Å². The van der Waals surface area contributed by atoms with Crippen LogP contribution in [-0.2, 0) is 0 Å². The maximum absolute atomic E-state index is 6.29. The molecular formula is C15H15BrClNO. The molecule has 0 saturated carbocycles. The third-order valence-electron chi connectivity index (χ3n) is 3.01. The SMILES string of the molecule is CNC(c1ccc(OC)cc1)c1cc(Br)ccc1Cl. The normalized spacial score (nSPS) is 12.2. The Hall–Kier alpha value is -1.03. The van der Waals surface area contributed by atoms with Gasteiger partial charge in [-0.25, -0.2) is 0 Å². The zero-order valence-electron chi connectivity index (χ0n) is 10.8. The molecule has 0 heterocycles. The fourth-order valence-electron chi connectivity index (χ4n) is 2.03. The maximum atomic E-state index is 6.29. The molecule has 0 radical (unpaired) electrons. The number of rotatable bonds is 4. The Morgan fingerprint density at radius 1 is 1.16 bits per heavy atom. The summed E-state index contributed by atoms with van der Waals surface area (Å²) in [5.74, 6) is 0.846. The molecule has 0 aliphatic heterocycles. The lowest BCUT2D eigenvalue weighted by Crippen LogP contribution is -2.18. The molecule has 0 saturated heterocycles. The van der Waals surface area contributed by atoms with E-state index in [1.54, 1.807) is 7.11 Å². The monoisotopic (exact) mass is 339 g/mol. The predicted octanol–water partition coefficient (Wildman–Crippen LogP) is 4.42. The van der Waals surface area contributed by atoms with Gasteiger partial charge in [0.1, 0.15) is 5.75 Å². The minimum absolute atomic E-state index is 0.0518. The fourth-order valence-corrected chi connectivity index (χ4v) is 2.64. The molecule has 0 aliphatic rings. The van der Waals surface area contributed by atoms with Gasteiger partial charge in [0, 0.05) is 9.50 Å². The molecule has 1 atom stereocenters. The van der Waals surface area contributed by atoms with Crippen LogP contribution in [0.5, 0.6) is 5.75 Å². The van der Waals surface area contributed by atoms with E-state index in [2.05, 4.69) is 21.2 Å². The van der Waals surface area contributed by atoms with Crippen LogP contribution in [-0.4, -0.2) is 14.2 Å². The van der Waals surface area contributed by atoms with Crippen molar-refractivity contribution in [1.29, 1.82) is 0 Å². The zero-order chi connectivity index (χ0) is 13.8. The first-order valence-corrected chi connectivity index (χ1v) is 7.09. The zero-order valence-corrected chi connectivity index (χ0v) is 13.1. The number of nitrogens with one attached hydrogen (secondary N) is 1. The Kier molecular flexibility index (Phi) is 4.86. The lowest BCUT2D eigenvalue weighted by Gasteiger charge is -2.19. The molecule has 0 spiro atoms. The van der Waals surface area contributed by atoms with E-state index in [0.29, 0.717) is 0 Å². The molecule has 100 valence electrons. The van der Waals surface area contributed by atoms with Gasteiger partial charge in [0.25, 0.3) is 0 Å². The predicted molar refractivity (Wildman–Crippen MR) is 83.0 cm³/mol. The van der Waals surface area contributed by atoms with E-state index < -0.39 is 0 Å². The van der Waals surface area contributed by atoms with Crippen LogP contribution in [0.4, 0.5) is 0 Å². The average Bonchev–Trinajstić information content (AvgIpc) is 2.44. The Balaban J connectivity index is 2.40. The van der Waals surface area contributed by atoms with Crippen LogP contribution in [0.3, 0.4) is 0 Å². The molecule has 0 aromatic heterocycles. The van der Waals surface area contributed by atoms with Crippen molar-refractivity contribution in [2.24, 2.45) is 0 Å². The highest BCUT2D eigenvalue weighted by Gasteiger charge is 2.15. The van der Waals surface area contributed by atoms with Crippen LogP contribution in [0.1, 0.15) is 17.2 Å². The number of benzene rings is 2. The van der Waals surface area contributed by atoms with E-state index >= 15 is 0 Å². The van der Waals surface area contributed by atoms with Gasteiger partial charge in [0.15, 0.2) is 0 Å². The van der Waals surface area contributed by atoms with Crippen LogP contribution in [0.25, 0.3) is 0 Å². The summed E-state index contributed by atoms with van der Waals surface area (Å²) in [5, 5.41) is 4.04. The second-order valence-corrected chi connectivity index (χ2v) is 5.48. The smallest absolute Gasteiger partial charge is 0.118 e. The van der Waals surface area contributed by atoms with Gasteiger partial charge in [0.2, 0.25) is 0 Å². The van der Waals surface area contributed by atoms with Crippen molar-refractivity contribution in [2.75, 3.05) is 14.2 Å². The lowest BCUT2D eigenvalue weighted by atomic mass is 9.99. The van der Waals surface area contributed by atoms with Gasteiger partial charge in [-0.1, -0.05) is 39.7 Å². The summed E-state index contributed by atoms with van der Waals surface area (Å²) >= 11 is 9.78. The van der Waals surface area contributed by atoms with Gasteiger partial charge in [-0.2, -0.15) is 0 Å². The van der Waals surface area contributed by atoms with Crippen molar-refractivity contribution in [1.82, 2.24) is 5.32 Å². The highest BCUT2D eigenvalue weighted by atomic mass is 79.9.